The number of carbonyl (C=O) groups excluding carboxylic acids is 2. The summed E-state index contributed by atoms with van der Waals surface area (Å²) in [5, 5.41) is 6.20. The SMILES string of the molecule is O=C(Cc1cccc(Cl)c1)Nc1ccccc1NC(=O)c1cccnc1. The average Bonchev–Trinajstić information content (AvgIpc) is 2.64. The molecule has 3 aromatic rings. The van der Waals surface area contributed by atoms with Crippen LogP contribution in [0.3, 0.4) is 0 Å². The maximum absolute atomic E-state index is 12.3. The van der Waals surface area contributed by atoms with Crippen molar-refractivity contribution in [2.75, 3.05) is 10.6 Å². The number of hydrogen-bond donors (Lipinski definition) is 2. The molecule has 0 spiro atoms. The zero-order valence-electron chi connectivity index (χ0n) is 13.8. The van der Waals surface area contributed by atoms with Gasteiger partial charge in [0.05, 0.1) is 23.4 Å². The van der Waals surface area contributed by atoms with E-state index in [2.05, 4.69) is 15.6 Å². The Hall–Kier alpha value is -3.18. The molecule has 0 atom stereocenters. The Morgan fingerprint density at radius 3 is 2.38 bits per heavy atom. The lowest BCUT2D eigenvalue weighted by molar-refractivity contribution is -0.115. The number of benzene rings is 2. The summed E-state index contributed by atoms with van der Waals surface area (Å²) in [5.74, 6) is -0.495. The molecule has 0 saturated heterocycles. The van der Waals surface area contributed by atoms with E-state index in [1.54, 1.807) is 60.8 Å². The maximum atomic E-state index is 12.3. The lowest BCUT2D eigenvalue weighted by Crippen LogP contribution is -2.18. The highest BCUT2D eigenvalue weighted by Crippen LogP contribution is 2.22. The number of para-hydroxylation sites is 2. The zero-order valence-corrected chi connectivity index (χ0v) is 14.5. The second-order valence-electron chi connectivity index (χ2n) is 5.60. The minimum Gasteiger partial charge on any atom is -0.324 e. The Morgan fingerprint density at radius 1 is 0.923 bits per heavy atom. The number of carbonyl (C=O) groups is 2. The normalized spacial score (nSPS) is 10.2. The van der Waals surface area contributed by atoms with E-state index in [-0.39, 0.29) is 18.2 Å². The molecule has 1 heterocycles. The van der Waals surface area contributed by atoms with Crippen LogP contribution in [0.5, 0.6) is 0 Å². The molecule has 0 saturated carbocycles. The van der Waals surface area contributed by atoms with Crippen molar-refractivity contribution in [3.63, 3.8) is 0 Å². The molecular formula is C20H16ClN3O2. The monoisotopic (exact) mass is 365 g/mol. The van der Waals surface area contributed by atoms with E-state index in [1.165, 1.54) is 6.20 Å². The Morgan fingerprint density at radius 2 is 1.69 bits per heavy atom. The fourth-order valence-electron chi connectivity index (χ4n) is 2.42. The van der Waals surface area contributed by atoms with E-state index in [4.69, 9.17) is 11.6 Å². The molecule has 2 amide bonds. The van der Waals surface area contributed by atoms with Crippen LogP contribution in [-0.2, 0) is 11.2 Å². The fourth-order valence-corrected chi connectivity index (χ4v) is 2.63. The first kappa shape index (κ1) is 17.6. The molecule has 0 aliphatic carbocycles. The van der Waals surface area contributed by atoms with Gasteiger partial charge in [-0.05, 0) is 42.0 Å². The molecule has 2 aromatic carbocycles. The van der Waals surface area contributed by atoms with E-state index in [9.17, 15) is 9.59 Å². The largest absolute Gasteiger partial charge is 0.324 e. The van der Waals surface area contributed by atoms with Gasteiger partial charge in [0.2, 0.25) is 5.91 Å². The van der Waals surface area contributed by atoms with Crippen LogP contribution in [0.2, 0.25) is 5.02 Å². The number of rotatable bonds is 5. The highest BCUT2D eigenvalue weighted by Gasteiger charge is 2.11. The van der Waals surface area contributed by atoms with Gasteiger partial charge in [0, 0.05) is 17.4 Å². The molecule has 26 heavy (non-hydrogen) atoms. The van der Waals surface area contributed by atoms with Crippen LogP contribution in [0.15, 0.2) is 73.1 Å². The summed E-state index contributed by atoms with van der Waals surface area (Å²) < 4.78 is 0. The van der Waals surface area contributed by atoms with Gasteiger partial charge in [-0.25, -0.2) is 0 Å². The second-order valence-corrected chi connectivity index (χ2v) is 6.03. The van der Waals surface area contributed by atoms with Crippen LogP contribution < -0.4 is 10.6 Å². The first-order valence-electron chi connectivity index (χ1n) is 7.96. The number of hydrogen-bond acceptors (Lipinski definition) is 3. The predicted molar refractivity (Wildman–Crippen MR) is 102 cm³/mol. The van der Waals surface area contributed by atoms with Crippen LogP contribution in [0, 0.1) is 0 Å². The van der Waals surface area contributed by atoms with Crippen molar-refractivity contribution in [2.45, 2.75) is 6.42 Å². The minimum atomic E-state index is -0.297. The van der Waals surface area contributed by atoms with Gasteiger partial charge in [0.15, 0.2) is 0 Å². The van der Waals surface area contributed by atoms with Crippen molar-refractivity contribution < 1.29 is 9.59 Å². The van der Waals surface area contributed by atoms with Gasteiger partial charge in [-0.2, -0.15) is 0 Å². The first-order chi connectivity index (χ1) is 12.6. The quantitative estimate of drug-likeness (QED) is 0.712. The van der Waals surface area contributed by atoms with Crippen molar-refractivity contribution in [3.05, 3.63) is 89.2 Å². The van der Waals surface area contributed by atoms with Crippen LogP contribution in [-0.4, -0.2) is 16.8 Å². The number of amides is 2. The van der Waals surface area contributed by atoms with Crippen LogP contribution >= 0.6 is 11.6 Å². The number of anilines is 2. The number of aromatic nitrogens is 1. The van der Waals surface area contributed by atoms with Gasteiger partial charge in [0.1, 0.15) is 0 Å². The lowest BCUT2D eigenvalue weighted by Gasteiger charge is -2.12. The van der Waals surface area contributed by atoms with Gasteiger partial charge in [-0.15, -0.1) is 0 Å². The summed E-state index contributed by atoms with van der Waals surface area (Å²) in [7, 11) is 0. The zero-order chi connectivity index (χ0) is 18.4. The summed E-state index contributed by atoms with van der Waals surface area (Å²) in [4.78, 5) is 28.6. The highest BCUT2D eigenvalue weighted by molar-refractivity contribution is 6.30. The molecule has 5 nitrogen and oxygen atoms in total. The van der Waals surface area contributed by atoms with E-state index in [0.29, 0.717) is 22.0 Å². The molecule has 1 aromatic heterocycles. The summed E-state index contributed by atoms with van der Waals surface area (Å²) >= 11 is 5.94. The van der Waals surface area contributed by atoms with Gasteiger partial charge in [0.25, 0.3) is 5.91 Å². The third-order valence-electron chi connectivity index (χ3n) is 3.63. The van der Waals surface area contributed by atoms with Crippen LogP contribution in [0.25, 0.3) is 0 Å². The second kappa shape index (κ2) is 8.27. The summed E-state index contributed by atoms with van der Waals surface area (Å²) in [5.41, 5.74) is 2.29. The maximum Gasteiger partial charge on any atom is 0.257 e. The van der Waals surface area contributed by atoms with Gasteiger partial charge >= 0.3 is 0 Å². The van der Waals surface area contributed by atoms with E-state index < -0.39 is 0 Å². The topological polar surface area (TPSA) is 71.1 Å². The number of nitrogens with zero attached hydrogens (tertiary/aromatic N) is 1. The van der Waals surface area contributed by atoms with Crippen LogP contribution in [0.1, 0.15) is 15.9 Å². The third-order valence-corrected chi connectivity index (χ3v) is 3.86. The lowest BCUT2D eigenvalue weighted by atomic mass is 10.1. The summed E-state index contributed by atoms with van der Waals surface area (Å²) in [6.07, 6.45) is 3.27. The van der Waals surface area contributed by atoms with E-state index >= 15 is 0 Å². The Bertz CT molecular complexity index is 929. The van der Waals surface area contributed by atoms with Crippen molar-refractivity contribution in [3.8, 4) is 0 Å². The molecule has 130 valence electrons. The Balaban J connectivity index is 1.71. The molecule has 0 unspecified atom stereocenters. The van der Waals surface area contributed by atoms with E-state index in [0.717, 1.165) is 5.56 Å². The van der Waals surface area contributed by atoms with Crippen molar-refractivity contribution in [2.24, 2.45) is 0 Å². The summed E-state index contributed by atoms with van der Waals surface area (Å²) in [6.45, 7) is 0. The van der Waals surface area contributed by atoms with Crippen LogP contribution in [0.4, 0.5) is 11.4 Å². The van der Waals surface area contributed by atoms with Gasteiger partial charge in [-0.1, -0.05) is 35.9 Å². The first-order valence-corrected chi connectivity index (χ1v) is 8.34. The van der Waals surface area contributed by atoms with Crippen molar-refractivity contribution >= 4 is 34.8 Å². The number of nitrogens with one attached hydrogen (secondary N) is 2. The molecule has 0 aliphatic rings. The van der Waals surface area contributed by atoms with E-state index in [1.807, 2.05) is 6.07 Å². The molecule has 6 heteroatoms. The highest BCUT2D eigenvalue weighted by atomic mass is 35.5. The number of pyridine rings is 1. The predicted octanol–water partition coefficient (Wildman–Crippen LogP) is 4.17. The third kappa shape index (κ3) is 4.68. The number of halogens is 1. The fraction of sp³-hybridized carbons (Fsp3) is 0.0500. The molecule has 0 aliphatic heterocycles. The Labute approximate surface area is 156 Å². The summed E-state index contributed by atoms with van der Waals surface area (Å²) in [6, 6.07) is 17.5. The smallest absolute Gasteiger partial charge is 0.257 e. The molecular weight excluding hydrogens is 350 g/mol. The molecule has 0 radical (unpaired) electrons. The molecule has 0 bridgehead atoms. The molecule has 0 fully saturated rings. The molecule has 3 rings (SSSR count). The average molecular weight is 366 g/mol. The van der Waals surface area contributed by atoms with Crippen molar-refractivity contribution in [1.82, 2.24) is 4.98 Å². The Kier molecular flexibility index (Phi) is 5.61. The van der Waals surface area contributed by atoms with Gasteiger partial charge < -0.3 is 10.6 Å². The standard InChI is InChI=1S/C20H16ClN3O2/c21-16-7-3-5-14(11-16)12-19(25)23-17-8-1-2-9-18(17)24-20(26)15-6-4-10-22-13-15/h1-11,13H,12H2,(H,23,25)(H,24,26). The van der Waals surface area contributed by atoms with Gasteiger partial charge in [-0.3, -0.25) is 14.6 Å². The molecule has 2 N–H and O–H groups in total. The van der Waals surface area contributed by atoms with Crippen molar-refractivity contribution in [1.29, 1.82) is 0 Å². The minimum absolute atomic E-state index is 0.186.